The second-order valence-electron chi connectivity index (χ2n) is 5.68. The van der Waals surface area contributed by atoms with Gasteiger partial charge in [-0.15, -0.1) is 0 Å². The molecular weight excluding hydrogens is 276 g/mol. The van der Waals surface area contributed by atoms with Gasteiger partial charge in [0.25, 0.3) is 0 Å². The normalized spacial score (nSPS) is 22.6. The summed E-state index contributed by atoms with van der Waals surface area (Å²) in [7, 11) is -3.05. The molecule has 20 heavy (non-hydrogen) atoms. The van der Waals surface area contributed by atoms with E-state index in [0.717, 1.165) is 16.7 Å². The van der Waals surface area contributed by atoms with Crippen molar-refractivity contribution >= 4 is 15.8 Å². The molecule has 0 aromatic heterocycles. The highest BCUT2D eigenvalue weighted by atomic mass is 32.2. The van der Waals surface area contributed by atoms with E-state index >= 15 is 0 Å². The number of aryl methyl sites for hydroxylation is 2. The van der Waals surface area contributed by atoms with Crippen LogP contribution in [0.1, 0.15) is 23.1 Å². The van der Waals surface area contributed by atoms with Crippen LogP contribution in [0.15, 0.2) is 18.2 Å². The first-order valence-corrected chi connectivity index (χ1v) is 8.60. The first-order valence-electron chi connectivity index (χ1n) is 6.78. The van der Waals surface area contributed by atoms with Crippen molar-refractivity contribution in [1.29, 1.82) is 0 Å². The first kappa shape index (κ1) is 15.0. The minimum atomic E-state index is -3.05. The molecule has 0 amide bonds. The summed E-state index contributed by atoms with van der Waals surface area (Å²) in [5.41, 5.74) is 3.17. The lowest BCUT2D eigenvalue weighted by atomic mass is 9.84. The van der Waals surface area contributed by atoms with Gasteiger partial charge in [0.05, 0.1) is 17.4 Å². The number of aliphatic carboxylic acids is 1. The van der Waals surface area contributed by atoms with Crippen molar-refractivity contribution in [2.24, 2.45) is 11.8 Å². The number of carboxylic acids is 1. The van der Waals surface area contributed by atoms with Crippen LogP contribution in [0.4, 0.5) is 0 Å². The van der Waals surface area contributed by atoms with Gasteiger partial charge in [-0.1, -0.05) is 18.2 Å². The van der Waals surface area contributed by atoms with Gasteiger partial charge >= 0.3 is 5.97 Å². The van der Waals surface area contributed by atoms with Crippen molar-refractivity contribution in [3.05, 3.63) is 34.9 Å². The summed E-state index contributed by atoms with van der Waals surface area (Å²) in [6.45, 7) is 3.93. The van der Waals surface area contributed by atoms with Crippen LogP contribution in [-0.2, 0) is 21.1 Å². The van der Waals surface area contributed by atoms with E-state index < -0.39 is 21.7 Å². The van der Waals surface area contributed by atoms with E-state index in [1.54, 1.807) is 0 Å². The number of sulfone groups is 1. The van der Waals surface area contributed by atoms with E-state index in [4.69, 9.17) is 0 Å². The predicted octanol–water partition coefficient (Wildman–Crippen LogP) is 1.98. The van der Waals surface area contributed by atoms with Gasteiger partial charge in [0, 0.05) is 0 Å². The third-order valence-corrected chi connectivity index (χ3v) is 6.02. The zero-order chi connectivity index (χ0) is 14.9. The highest BCUT2D eigenvalue weighted by Gasteiger charge is 2.37. The molecule has 2 atom stereocenters. The van der Waals surface area contributed by atoms with Crippen molar-refractivity contribution in [2.75, 3.05) is 11.5 Å². The largest absolute Gasteiger partial charge is 0.481 e. The van der Waals surface area contributed by atoms with Crippen LogP contribution < -0.4 is 0 Å². The third kappa shape index (κ3) is 3.20. The second kappa shape index (κ2) is 5.56. The Morgan fingerprint density at radius 1 is 1.35 bits per heavy atom. The summed E-state index contributed by atoms with van der Waals surface area (Å²) in [6, 6.07) is 5.88. The second-order valence-corrected chi connectivity index (χ2v) is 7.91. The zero-order valence-corrected chi connectivity index (χ0v) is 12.6. The SMILES string of the molecule is Cc1cccc(C)c1CC(C(=O)O)C1CCS(=O)(=O)C1. The molecule has 0 spiro atoms. The summed E-state index contributed by atoms with van der Waals surface area (Å²) in [5, 5.41) is 9.45. The monoisotopic (exact) mass is 296 g/mol. The van der Waals surface area contributed by atoms with Crippen molar-refractivity contribution < 1.29 is 18.3 Å². The molecule has 1 fully saturated rings. The highest BCUT2D eigenvalue weighted by molar-refractivity contribution is 7.91. The summed E-state index contributed by atoms with van der Waals surface area (Å²) in [5.74, 6) is -1.65. The summed E-state index contributed by atoms with van der Waals surface area (Å²) in [4.78, 5) is 11.5. The molecule has 0 saturated carbocycles. The molecular formula is C15H20O4S. The molecule has 5 heteroatoms. The molecule has 4 nitrogen and oxygen atoms in total. The summed E-state index contributed by atoms with van der Waals surface area (Å²) in [6.07, 6.45) is 0.873. The molecule has 1 heterocycles. The smallest absolute Gasteiger partial charge is 0.307 e. The topological polar surface area (TPSA) is 71.4 Å². The van der Waals surface area contributed by atoms with Crippen molar-refractivity contribution in [3.63, 3.8) is 0 Å². The van der Waals surface area contributed by atoms with Crippen molar-refractivity contribution in [3.8, 4) is 0 Å². The van der Waals surface area contributed by atoms with Gasteiger partial charge < -0.3 is 5.11 Å². The van der Waals surface area contributed by atoms with Gasteiger partial charge in [0.15, 0.2) is 9.84 Å². The molecule has 1 N–H and O–H groups in total. The van der Waals surface area contributed by atoms with Crippen LogP contribution in [-0.4, -0.2) is 31.0 Å². The van der Waals surface area contributed by atoms with Gasteiger partial charge in [0.2, 0.25) is 0 Å². The lowest BCUT2D eigenvalue weighted by Gasteiger charge is -2.20. The van der Waals surface area contributed by atoms with E-state index in [0.29, 0.717) is 12.8 Å². The molecule has 0 radical (unpaired) electrons. The Balaban J connectivity index is 2.25. The fraction of sp³-hybridized carbons (Fsp3) is 0.533. The van der Waals surface area contributed by atoms with Crippen LogP contribution in [0.25, 0.3) is 0 Å². The molecule has 1 saturated heterocycles. The lowest BCUT2D eigenvalue weighted by molar-refractivity contribution is -0.143. The number of hydrogen-bond acceptors (Lipinski definition) is 3. The van der Waals surface area contributed by atoms with Gasteiger partial charge in [-0.05, 0) is 49.3 Å². The fourth-order valence-electron chi connectivity index (χ4n) is 2.99. The Morgan fingerprint density at radius 2 is 1.95 bits per heavy atom. The Labute approximate surface area is 119 Å². The predicted molar refractivity (Wildman–Crippen MR) is 77.5 cm³/mol. The minimum absolute atomic E-state index is 0.00882. The molecule has 1 aromatic carbocycles. The number of benzene rings is 1. The van der Waals surface area contributed by atoms with E-state index in [9.17, 15) is 18.3 Å². The van der Waals surface area contributed by atoms with Gasteiger partial charge in [-0.2, -0.15) is 0 Å². The quantitative estimate of drug-likeness (QED) is 0.922. The molecule has 1 aliphatic heterocycles. The van der Waals surface area contributed by atoms with E-state index in [-0.39, 0.29) is 17.4 Å². The Bertz CT molecular complexity index is 599. The maximum atomic E-state index is 11.6. The fourth-order valence-corrected chi connectivity index (χ4v) is 4.87. The van der Waals surface area contributed by atoms with Crippen LogP contribution in [0.5, 0.6) is 0 Å². The average Bonchev–Trinajstić information content (AvgIpc) is 2.68. The third-order valence-electron chi connectivity index (χ3n) is 4.22. The number of carbonyl (C=O) groups is 1. The first-order chi connectivity index (χ1) is 9.30. The van der Waals surface area contributed by atoms with Gasteiger partial charge in [0.1, 0.15) is 0 Å². The molecule has 2 rings (SSSR count). The minimum Gasteiger partial charge on any atom is -0.481 e. The van der Waals surface area contributed by atoms with Crippen LogP contribution >= 0.6 is 0 Å². The molecule has 2 unspecified atom stereocenters. The van der Waals surface area contributed by atoms with E-state index in [1.807, 2.05) is 32.0 Å². The van der Waals surface area contributed by atoms with E-state index in [2.05, 4.69) is 0 Å². The van der Waals surface area contributed by atoms with Crippen LogP contribution in [0, 0.1) is 25.7 Å². The van der Waals surface area contributed by atoms with E-state index in [1.165, 1.54) is 0 Å². The average molecular weight is 296 g/mol. The Hall–Kier alpha value is -1.36. The summed E-state index contributed by atoms with van der Waals surface area (Å²) < 4.78 is 23.1. The molecule has 0 aliphatic carbocycles. The van der Waals surface area contributed by atoms with Crippen molar-refractivity contribution in [2.45, 2.75) is 26.7 Å². The maximum Gasteiger partial charge on any atom is 0.307 e. The Kier molecular flexibility index (Phi) is 4.18. The standard InChI is InChI=1S/C15H20O4S/c1-10-4-3-5-11(2)13(10)8-14(15(16)17)12-6-7-20(18,19)9-12/h3-5,12,14H,6-9H2,1-2H3,(H,16,17). The van der Waals surface area contributed by atoms with Crippen molar-refractivity contribution in [1.82, 2.24) is 0 Å². The molecule has 0 bridgehead atoms. The van der Waals surface area contributed by atoms with Gasteiger partial charge in [-0.25, -0.2) is 8.42 Å². The number of carboxylic acid groups (broad SMARTS) is 1. The number of rotatable bonds is 4. The number of hydrogen-bond donors (Lipinski definition) is 1. The molecule has 110 valence electrons. The van der Waals surface area contributed by atoms with Crippen LogP contribution in [0.3, 0.4) is 0 Å². The molecule has 1 aliphatic rings. The highest BCUT2D eigenvalue weighted by Crippen LogP contribution is 2.30. The molecule has 1 aromatic rings. The zero-order valence-electron chi connectivity index (χ0n) is 11.8. The maximum absolute atomic E-state index is 11.6. The Morgan fingerprint density at radius 3 is 2.40 bits per heavy atom. The van der Waals surface area contributed by atoms with Gasteiger partial charge in [-0.3, -0.25) is 4.79 Å². The summed E-state index contributed by atoms with van der Waals surface area (Å²) >= 11 is 0. The van der Waals surface area contributed by atoms with Crippen LogP contribution in [0.2, 0.25) is 0 Å². The lowest BCUT2D eigenvalue weighted by Crippen LogP contribution is -2.27.